The molecule has 0 saturated carbocycles. The highest BCUT2D eigenvalue weighted by Gasteiger charge is 2.28. The van der Waals surface area contributed by atoms with Crippen LogP contribution in [0.2, 0.25) is 0 Å². The molecule has 0 aliphatic carbocycles. The van der Waals surface area contributed by atoms with Crippen molar-refractivity contribution in [3.05, 3.63) is 0 Å². The van der Waals surface area contributed by atoms with Crippen molar-refractivity contribution in [1.82, 2.24) is 5.32 Å². The van der Waals surface area contributed by atoms with Crippen LogP contribution in [0.25, 0.3) is 0 Å². The standard InChI is InChI=1S/C11H22N4O2/c1-2-3-6-14-11(13)15-7-8-4-5-9(17-8)10(12)16/h8-9H,2-7H2,1H3,(H2,12,16)(H3,13,14,15). The van der Waals surface area contributed by atoms with E-state index in [1.54, 1.807) is 0 Å². The number of rotatable bonds is 6. The lowest BCUT2D eigenvalue weighted by atomic mass is 10.2. The molecule has 6 nitrogen and oxygen atoms in total. The minimum absolute atomic E-state index is 0.0426. The Balaban J connectivity index is 2.21. The number of ether oxygens (including phenoxy) is 1. The van der Waals surface area contributed by atoms with Gasteiger partial charge in [0.05, 0.1) is 12.6 Å². The van der Waals surface area contributed by atoms with Crippen molar-refractivity contribution in [3.63, 3.8) is 0 Å². The van der Waals surface area contributed by atoms with E-state index in [9.17, 15) is 4.79 Å². The van der Waals surface area contributed by atoms with Crippen molar-refractivity contribution in [1.29, 1.82) is 0 Å². The van der Waals surface area contributed by atoms with Crippen molar-refractivity contribution in [2.75, 3.05) is 13.1 Å². The number of amides is 1. The highest BCUT2D eigenvalue weighted by Crippen LogP contribution is 2.19. The number of unbranched alkanes of at least 4 members (excludes halogenated alkanes) is 1. The van der Waals surface area contributed by atoms with E-state index < -0.39 is 12.0 Å². The number of guanidine groups is 1. The van der Waals surface area contributed by atoms with E-state index in [0.29, 0.717) is 18.9 Å². The van der Waals surface area contributed by atoms with E-state index in [1.807, 2.05) is 0 Å². The molecule has 17 heavy (non-hydrogen) atoms. The van der Waals surface area contributed by atoms with Gasteiger partial charge < -0.3 is 21.5 Å². The molecule has 1 fully saturated rings. The van der Waals surface area contributed by atoms with Crippen LogP contribution < -0.4 is 16.8 Å². The Morgan fingerprint density at radius 1 is 1.47 bits per heavy atom. The summed E-state index contributed by atoms with van der Waals surface area (Å²) in [7, 11) is 0. The summed E-state index contributed by atoms with van der Waals surface area (Å²) in [6.45, 7) is 3.43. The quantitative estimate of drug-likeness (QED) is 0.339. The first-order valence-electron chi connectivity index (χ1n) is 6.12. The fourth-order valence-corrected chi connectivity index (χ4v) is 1.70. The smallest absolute Gasteiger partial charge is 0.246 e. The molecular formula is C11H22N4O2. The normalized spacial score (nSPS) is 24.9. The highest BCUT2D eigenvalue weighted by atomic mass is 16.5. The molecule has 2 unspecified atom stereocenters. The molecule has 98 valence electrons. The van der Waals surface area contributed by atoms with Crippen LogP contribution >= 0.6 is 0 Å². The van der Waals surface area contributed by atoms with Gasteiger partial charge in [-0.15, -0.1) is 0 Å². The molecule has 1 saturated heterocycles. The molecule has 1 aliphatic rings. The molecule has 0 aromatic rings. The first-order valence-corrected chi connectivity index (χ1v) is 6.12. The van der Waals surface area contributed by atoms with Crippen LogP contribution in [0.3, 0.4) is 0 Å². The predicted octanol–water partition coefficient (Wildman–Crippen LogP) is -0.276. The number of nitrogens with two attached hydrogens (primary N) is 2. The SMILES string of the molecule is CCCCNC(N)=NCC1CCC(C(N)=O)O1. The Morgan fingerprint density at radius 3 is 2.82 bits per heavy atom. The number of primary amides is 1. The summed E-state index contributed by atoms with van der Waals surface area (Å²) in [6.07, 6.45) is 3.17. The number of aliphatic imine (C=N–C) groups is 1. The van der Waals surface area contributed by atoms with Gasteiger partial charge in [0.2, 0.25) is 5.91 Å². The summed E-state index contributed by atoms with van der Waals surface area (Å²) >= 11 is 0. The third-order valence-corrected chi connectivity index (χ3v) is 2.73. The van der Waals surface area contributed by atoms with Gasteiger partial charge >= 0.3 is 0 Å². The van der Waals surface area contributed by atoms with Crippen LogP contribution in [0, 0.1) is 0 Å². The fourth-order valence-electron chi connectivity index (χ4n) is 1.70. The lowest BCUT2D eigenvalue weighted by molar-refractivity contribution is -0.128. The van der Waals surface area contributed by atoms with Crippen molar-refractivity contribution < 1.29 is 9.53 Å². The third-order valence-electron chi connectivity index (χ3n) is 2.73. The second-order valence-electron chi connectivity index (χ2n) is 4.23. The number of nitrogens with zero attached hydrogens (tertiary/aromatic N) is 1. The number of carbonyl (C=O) groups is 1. The molecule has 1 aliphatic heterocycles. The molecular weight excluding hydrogens is 220 g/mol. The Bertz CT molecular complexity index is 281. The molecule has 1 rings (SSSR count). The van der Waals surface area contributed by atoms with E-state index >= 15 is 0 Å². The van der Waals surface area contributed by atoms with Gasteiger partial charge in [0.15, 0.2) is 5.96 Å². The maximum absolute atomic E-state index is 10.9. The van der Waals surface area contributed by atoms with Crippen molar-refractivity contribution in [2.24, 2.45) is 16.5 Å². The molecule has 0 aromatic heterocycles. The average molecular weight is 242 g/mol. The van der Waals surface area contributed by atoms with E-state index in [1.165, 1.54) is 0 Å². The monoisotopic (exact) mass is 242 g/mol. The summed E-state index contributed by atoms with van der Waals surface area (Å²) in [5, 5.41) is 3.02. The largest absolute Gasteiger partial charge is 0.370 e. The number of hydrogen-bond donors (Lipinski definition) is 3. The molecule has 2 atom stereocenters. The second-order valence-corrected chi connectivity index (χ2v) is 4.23. The molecule has 5 N–H and O–H groups in total. The zero-order chi connectivity index (χ0) is 12.7. The molecule has 0 spiro atoms. The zero-order valence-corrected chi connectivity index (χ0v) is 10.3. The Labute approximate surface area is 102 Å². The lowest BCUT2D eigenvalue weighted by Crippen LogP contribution is -2.33. The summed E-state index contributed by atoms with van der Waals surface area (Å²) < 4.78 is 5.43. The van der Waals surface area contributed by atoms with Gasteiger partial charge in [-0.25, -0.2) is 0 Å². The average Bonchev–Trinajstić information content (AvgIpc) is 2.75. The topological polar surface area (TPSA) is 103 Å². The molecule has 1 heterocycles. The van der Waals surface area contributed by atoms with E-state index in [4.69, 9.17) is 16.2 Å². The first kappa shape index (κ1) is 13.8. The van der Waals surface area contributed by atoms with Gasteiger partial charge in [0, 0.05) is 6.54 Å². The molecule has 0 bridgehead atoms. The second kappa shape index (κ2) is 7.11. The van der Waals surface area contributed by atoms with Gasteiger partial charge in [-0.2, -0.15) is 0 Å². The van der Waals surface area contributed by atoms with Crippen LogP contribution in [0.15, 0.2) is 4.99 Å². The third kappa shape index (κ3) is 5.04. The fraction of sp³-hybridized carbons (Fsp3) is 0.818. The van der Waals surface area contributed by atoms with Crippen LogP contribution in [0.1, 0.15) is 32.6 Å². The van der Waals surface area contributed by atoms with Gasteiger partial charge in [-0.3, -0.25) is 9.79 Å². The predicted molar refractivity (Wildman–Crippen MR) is 66.5 cm³/mol. The maximum atomic E-state index is 10.9. The van der Waals surface area contributed by atoms with Crippen molar-refractivity contribution in [3.8, 4) is 0 Å². The Kier molecular flexibility index (Phi) is 5.76. The summed E-state index contributed by atoms with van der Waals surface area (Å²) in [5.41, 5.74) is 10.8. The molecule has 6 heteroatoms. The van der Waals surface area contributed by atoms with E-state index in [2.05, 4.69) is 17.2 Å². The molecule has 0 aromatic carbocycles. The zero-order valence-electron chi connectivity index (χ0n) is 10.3. The van der Waals surface area contributed by atoms with E-state index in [0.717, 1.165) is 25.8 Å². The number of hydrogen-bond acceptors (Lipinski definition) is 3. The highest BCUT2D eigenvalue weighted by molar-refractivity contribution is 5.79. The van der Waals surface area contributed by atoms with Crippen LogP contribution in [-0.4, -0.2) is 37.2 Å². The van der Waals surface area contributed by atoms with Crippen molar-refractivity contribution >= 4 is 11.9 Å². The minimum Gasteiger partial charge on any atom is -0.370 e. The molecule has 1 amide bonds. The van der Waals surface area contributed by atoms with Crippen LogP contribution in [-0.2, 0) is 9.53 Å². The van der Waals surface area contributed by atoms with Gasteiger partial charge in [0.1, 0.15) is 6.10 Å². The Morgan fingerprint density at radius 2 is 2.24 bits per heavy atom. The minimum atomic E-state index is -0.454. The summed E-state index contributed by atoms with van der Waals surface area (Å²) in [5.74, 6) is 0.0371. The Hall–Kier alpha value is -1.30. The van der Waals surface area contributed by atoms with E-state index in [-0.39, 0.29) is 6.10 Å². The first-order chi connectivity index (χ1) is 8.13. The van der Waals surface area contributed by atoms with Gasteiger partial charge in [-0.1, -0.05) is 13.3 Å². The van der Waals surface area contributed by atoms with Gasteiger partial charge in [-0.05, 0) is 19.3 Å². The number of nitrogens with one attached hydrogen (secondary N) is 1. The summed E-state index contributed by atoms with van der Waals surface area (Å²) in [4.78, 5) is 15.1. The molecule has 0 radical (unpaired) electrons. The number of carbonyl (C=O) groups excluding carboxylic acids is 1. The van der Waals surface area contributed by atoms with Gasteiger partial charge in [0.25, 0.3) is 0 Å². The lowest BCUT2D eigenvalue weighted by Gasteiger charge is -2.10. The van der Waals surface area contributed by atoms with Crippen LogP contribution in [0.4, 0.5) is 0 Å². The maximum Gasteiger partial charge on any atom is 0.246 e. The van der Waals surface area contributed by atoms with Crippen LogP contribution in [0.5, 0.6) is 0 Å². The summed E-state index contributed by atoms with van der Waals surface area (Å²) in [6, 6.07) is 0. The van der Waals surface area contributed by atoms with Crippen molar-refractivity contribution in [2.45, 2.75) is 44.8 Å².